The molecule has 15 heavy (non-hydrogen) atoms. The fourth-order valence-corrected chi connectivity index (χ4v) is 0.986. The molecule has 4 heteroatoms. The second-order valence-corrected chi connectivity index (χ2v) is 2.68. The second-order valence-electron chi connectivity index (χ2n) is 2.50. The first kappa shape index (κ1) is 11.1. The Morgan fingerprint density at radius 1 is 1.53 bits per heavy atom. The van der Waals surface area contributed by atoms with E-state index in [1.165, 1.54) is 7.11 Å². The van der Waals surface area contributed by atoms with Crippen LogP contribution in [0.15, 0.2) is 29.3 Å². The number of carbonyl (C=O) groups is 1. The van der Waals surface area contributed by atoms with Crippen molar-refractivity contribution in [3.63, 3.8) is 0 Å². The molecule has 0 aromatic heterocycles. The summed E-state index contributed by atoms with van der Waals surface area (Å²) in [6, 6.07) is 7.00. The molecule has 1 aromatic rings. The SMILES string of the molecule is COC(=O)C#Cc1cccc(N=C=S)c1. The molecule has 0 aliphatic rings. The van der Waals surface area contributed by atoms with E-state index >= 15 is 0 Å². The normalized spacial score (nSPS) is 8.07. The van der Waals surface area contributed by atoms with Crippen LogP contribution in [0.1, 0.15) is 5.56 Å². The predicted molar refractivity (Wildman–Crippen MR) is 60.0 cm³/mol. The van der Waals surface area contributed by atoms with E-state index in [4.69, 9.17) is 0 Å². The Hall–Kier alpha value is -1.95. The third-order valence-corrected chi connectivity index (χ3v) is 1.61. The lowest BCUT2D eigenvalue weighted by molar-refractivity contribution is -0.133. The number of hydrogen-bond donors (Lipinski definition) is 0. The molecule has 0 fully saturated rings. The van der Waals surface area contributed by atoms with E-state index in [1.54, 1.807) is 24.3 Å². The highest BCUT2D eigenvalue weighted by atomic mass is 32.1. The molecule has 1 rings (SSSR count). The van der Waals surface area contributed by atoms with E-state index in [-0.39, 0.29) is 0 Å². The van der Waals surface area contributed by atoms with Crippen molar-refractivity contribution in [1.82, 2.24) is 0 Å². The summed E-state index contributed by atoms with van der Waals surface area (Å²) in [4.78, 5) is 14.5. The van der Waals surface area contributed by atoms with E-state index in [2.05, 4.69) is 38.9 Å². The summed E-state index contributed by atoms with van der Waals surface area (Å²) in [7, 11) is 1.28. The first-order valence-electron chi connectivity index (χ1n) is 4.04. The quantitative estimate of drug-likeness (QED) is 0.312. The van der Waals surface area contributed by atoms with Crippen LogP contribution < -0.4 is 0 Å². The molecule has 0 atom stereocenters. The van der Waals surface area contributed by atoms with Crippen LogP contribution in [-0.2, 0) is 9.53 Å². The van der Waals surface area contributed by atoms with Gasteiger partial charge in [-0.2, -0.15) is 4.99 Å². The topological polar surface area (TPSA) is 38.7 Å². The Morgan fingerprint density at radius 3 is 3.00 bits per heavy atom. The fourth-order valence-electron chi connectivity index (χ4n) is 0.880. The van der Waals surface area contributed by atoms with Gasteiger partial charge in [0, 0.05) is 11.5 Å². The molecule has 0 heterocycles. The number of hydrogen-bond acceptors (Lipinski definition) is 4. The van der Waals surface area contributed by atoms with Crippen LogP contribution in [0.5, 0.6) is 0 Å². The zero-order chi connectivity index (χ0) is 11.1. The third-order valence-electron chi connectivity index (χ3n) is 1.52. The summed E-state index contributed by atoms with van der Waals surface area (Å²) in [5, 5.41) is 2.26. The number of carbonyl (C=O) groups excluding carboxylic acids is 1. The van der Waals surface area contributed by atoms with E-state index in [0.717, 1.165) is 0 Å². The molecular weight excluding hydrogens is 210 g/mol. The van der Waals surface area contributed by atoms with Gasteiger partial charge in [-0.3, -0.25) is 0 Å². The van der Waals surface area contributed by atoms with Crippen molar-refractivity contribution in [2.24, 2.45) is 4.99 Å². The lowest BCUT2D eigenvalue weighted by Crippen LogP contribution is -1.94. The lowest BCUT2D eigenvalue weighted by atomic mass is 10.2. The summed E-state index contributed by atoms with van der Waals surface area (Å²) in [6.45, 7) is 0. The van der Waals surface area contributed by atoms with Crippen molar-refractivity contribution in [2.45, 2.75) is 0 Å². The molecule has 74 valence electrons. The number of aliphatic imine (C=N–C) groups is 1. The Morgan fingerprint density at radius 2 is 2.33 bits per heavy atom. The fraction of sp³-hybridized carbons (Fsp3) is 0.0909. The maximum Gasteiger partial charge on any atom is 0.384 e. The maximum atomic E-state index is 10.7. The number of benzene rings is 1. The molecule has 0 spiro atoms. The molecule has 0 saturated heterocycles. The van der Waals surface area contributed by atoms with Gasteiger partial charge in [-0.25, -0.2) is 4.79 Å². The summed E-state index contributed by atoms with van der Waals surface area (Å²) in [5.74, 6) is 4.40. The van der Waals surface area contributed by atoms with Crippen molar-refractivity contribution in [2.75, 3.05) is 7.11 Å². The smallest absolute Gasteiger partial charge is 0.384 e. The van der Waals surface area contributed by atoms with Crippen LogP contribution in [-0.4, -0.2) is 18.2 Å². The molecule has 0 saturated carbocycles. The minimum atomic E-state index is -0.571. The van der Waals surface area contributed by atoms with Gasteiger partial charge in [0.25, 0.3) is 0 Å². The predicted octanol–water partition coefficient (Wildman–Crippen LogP) is 1.95. The molecule has 3 nitrogen and oxygen atoms in total. The highest BCUT2D eigenvalue weighted by Gasteiger charge is 1.92. The third kappa shape index (κ3) is 3.74. The minimum absolute atomic E-state index is 0.571. The number of thiocarbonyl (C=S) groups is 1. The average Bonchev–Trinajstić information content (AvgIpc) is 2.27. The number of isothiocyanates is 1. The van der Waals surface area contributed by atoms with Crippen molar-refractivity contribution in [1.29, 1.82) is 0 Å². The number of esters is 1. The second kappa shape index (κ2) is 5.71. The minimum Gasteiger partial charge on any atom is -0.459 e. The zero-order valence-corrected chi connectivity index (χ0v) is 8.80. The summed E-state index contributed by atoms with van der Waals surface area (Å²) >= 11 is 4.48. The number of rotatable bonds is 1. The highest BCUT2D eigenvalue weighted by Crippen LogP contribution is 2.12. The van der Waals surface area contributed by atoms with E-state index in [0.29, 0.717) is 11.3 Å². The van der Waals surface area contributed by atoms with Gasteiger partial charge in [-0.1, -0.05) is 12.0 Å². The zero-order valence-electron chi connectivity index (χ0n) is 7.98. The first-order valence-corrected chi connectivity index (χ1v) is 4.45. The Bertz CT molecular complexity index is 479. The lowest BCUT2D eigenvalue weighted by Gasteiger charge is -1.91. The maximum absolute atomic E-state index is 10.7. The van der Waals surface area contributed by atoms with Gasteiger partial charge in [0.1, 0.15) is 0 Å². The van der Waals surface area contributed by atoms with Gasteiger partial charge in [-0.15, -0.1) is 0 Å². The van der Waals surface area contributed by atoms with E-state index < -0.39 is 5.97 Å². The average molecular weight is 217 g/mol. The van der Waals surface area contributed by atoms with Crippen LogP contribution in [0, 0.1) is 11.8 Å². The van der Waals surface area contributed by atoms with Gasteiger partial charge >= 0.3 is 5.97 Å². The standard InChI is InChI=1S/C11H7NO2S/c1-14-11(13)6-5-9-3-2-4-10(7-9)12-8-15/h2-4,7H,1H3. The number of ether oxygens (including phenoxy) is 1. The van der Waals surface area contributed by atoms with E-state index in [9.17, 15) is 4.79 Å². The number of methoxy groups -OCH3 is 1. The van der Waals surface area contributed by atoms with Gasteiger partial charge in [0.2, 0.25) is 0 Å². The van der Waals surface area contributed by atoms with Crippen molar-refractivity contribution < 1.29 is 9.53 Å². The molecule has 0 bridgehead atoms. The van der Waals surface area contributed by atoms with Crippen LogP contribution in [0.25, 0.3) is 0 Å². The first-order chi connectivity index (χ1) is 7.26. The van der Waals surface area contributed by atoms with Crippen LogP contribution in [0.3, 0.4) is 0 Å². The molecular formula is C11H7NO2S. The van der Waals surface area contributed by atoms with Crippen molar-refractivity contribution >= 4 is 29.0 Å². The molecule has 0 aliphatic heterocycles. The monoisotopic (exact) mass is 217 g/mol. The molecule has 0 N–H and O–H groups in total. The van der Waals surface area contributed by atoms with Gasteiger partial charge < -0.3 is 4.74 Å². The van der Waals surface area contributed by atoms with Gasteiger partial charge in [-0.05, 0) is 30.4 Å². The van der Waals surface area contributed by atoms with Gasteiger partial charge in [0.15, 0.2) is 0 Å². The molecule has 1 aromatic carbocycles. The van der Waals surface area contributed by atoms with Gasteiger partial charge in [0.05, 0.1) is 18.0 Å². The van der Waals surface area contributed by atoms with Crippen molar-refractivity contribution in [3.8, 4) is 11.8 Å². The largest absolute Gasteiger partial charge is 0.459 e. The van der Waals surface area contributed by atoms with Crippen molar-refractivity contribution in [3.05, 3.63) is 29.8 Å². The number of nitrogens with zero attached hydrogens (tertiary/aromatic N) is 1. The summed E-state index contributed by atoms with van der Waals surface area (Å²) < 4.78 is 4.38. The molecule has 0 aliphatic carbocycles. The van der Waals surface area contributed by atoms with Crippen LogP contribution in [0.2, 0.25) is 0 Å². The molecule has 0 radical (unpaired) electrons. The van der Waals surface area contributed by atoms with Crippen LogP contribution >= 0.6 is 12.2 Å². The summed E-state index contributed by atoms with van der Waals surface area (Å²) in [5.41, 5.74) is 1.33. The molecule has 0 unspecified atom stereocenters. The Labute approximate surface area is 92.8 Å². The molecule has 0 amide bonds. The van der Waals surface area contributed by atoms with E-state index in [1.807, 2.05) is 0 Å². The van der Waals surface area contributed by atoms with Crippen LogP contribution in [0.4, 0.5) is 5.69 Å². The Kier molecular flexibility index (Phi) is 4.24. The highest BCUT2D eigenvalue weighted by molar-refractivity contribution is 7.78. The summed E-state index contributed by atoms with van der Waals surface area (Å²) in [6.07, 6.45) is 0. The Balaban J connectivity index is 2.94.